The van der Waals surface area contributed by atoms with Crippen molar-refractivity contribution >= 4 is 34.1 Å². The monoisotopic (exact) mass is 663 g/mol. The number of alkyl carbamates (subject to hydrolysis) is 1. The van der Waals surface area contributed by atoms with Crippen LogP contribution in [0.15, 0.2) is 49.1 Å². The van der Waals surface area contributed by atoms with E-state index in [0.29, 0.717) is 28.3 Å². The van der Waals surface area contributed by atoms with E-state index in [1.54, 1.807) is 70.5 Å². The maximum atomic E-state index is 16.8. The van der Waals surface area contributed by atoms with Crippen LogP contribution < -0.4 is 19.1 Å². The summed E-state index contributed by atoms with van der Waals surface area (Å²) in [5.41, 5.74) is -1.04. The normalized spacial score (nSPS) is 14.7. The lowest BCUT2D eigenvalue weighted by Crippen LogP contribution is -2.48. The van der Waals surface area contributed by atoms with E-state index in [1.807, 2.05) is 6.07 Å². The molecule has 0 saturated carbocycles. The minimum atomic E-state index is -5.00. The Morgan fingerprint density at radius 1 is 1.04 bits per heavy atom. The maximum Gasteiger partial charge on any atom is 0.422 e. The molecule has 1 atom stereocenters. The van der Waals surface area contributed by atoms with Crippen molar-refractivity contribution < 1.29 is 46.1 Å². The number of esters is 1. The number of fused-ring (bicyclic) bond motifs is 1. The van der Waals surface area contributed by atoms with Gasteiger partial charge in [0.2, 0.25) is 0 Å². The van der Waals surface area contributed by atoms with Crippen molar-refractivity contribution in [2.75, 3.05) is 17.5 Å². The van der Waals surface area contributed by atoms with Crippen molar-refractivity contribution in [3.05, 3.63) is 71.6 Å². The summed E-state index contributed by atoms with van der Waals surface area (Å²) >= 11 is 0. The van der Waals surface area contributed by atoms with Crippen LogP contribution in [0.25, 0.3) is 0 Å². The van der Waals surface area contributed by atoms with E-state index in [4.69, 9.17) is 18.9 Å². The van der Waals surface area contributed by atoms with Crippen LogP contribution in [0.2, 0.25) is 0 Å². The van der Waals surface area contributed by atoms with Gasteiger partial charge < -0.3 is 24.3 Å². The largest absolute Gasteiger partial charge is 0.487 e. The van der Waals surface area contributed by atoms with Crippen LogP contribution in [0.4, 0.5) is 19.7 Å². The Morgan fingerprint density at radius 2 is 1.70 bits per heavy atom. The van der Waals surface area contributed by atoms with Crippen LogP contribution in [0, 0.1) is 5.82 Å². The van der Waals surface area contributed by atoms with Gasteiger partial charge >= 0.3 is 28.4 Å². The number of carbonyl (C=O) groups is 3. The number of halogens is 1. The predicted octanol–water partition coefficient (Wildman–Crippen LogP) is 5.09. The van der Waals surface area contributed by atoms with Crippen LogP contribution in [0.5, 0.6) is 5.75 Å². The van der Waals surface area contributed by atoms with E-state index in [1.165, 1.54) is 12.1 Å². The van der Waals surface area contributed by atoms with E-state index in [2.05, 4.69) is 11.9 Å². The highest BCUT2D eigenvalue weighted by Gasteiger charge is 2.37. The van der Waals surface area contributed by atoms with Gasteiger partial charge in [0, 0.05) is 6.04 Å². The van der Waals surface area contributed by atoms with E-state index in [0.717, 1.165) is 0 Å². The minimum absolute atomic E-state index is 0.0124. The number of benzene rings is 2. The van der Waals surface area contributed by atoms with Gasteiger partial charge in [-0.3, -0.25) is 4.79 Å². The molecule has 0 bridgehead atoms. The molecular weight excluding hydrogens is 621 g/mol. The van der Waals surface area contributed by atoms with Crippen molar-refractivity contribution in [3.8, 4) is 5.75 Å². The lowest BCUT2D eigenvalue weighted by atomic mass is 9.87. The van der Waals surface area contributed by atoms with Crippen molar-refractivity contribution in [2.45, 2.75) is 84.7 Å². The third kappa shape index (κ3) is 10.6. The number of ether oxygens (including phenoxy) is 4. The Morgan fingerprint density at radius 3 is 2.30 bits per heavy atom. The fraction of sp³-hybridized carbons (Fsp3) is 0.469. The van der Waals surface area contributed by atoms with Crippen LogP contribution in [0.3, 0.4) is 0 Å². The summed E-state index contributed by atoms with van der Waals surface area (Å²) in [6.07, 6.45) is -0.0759. The Balaban J connectivity index is 2.12. The quantitative estimate of drug-likeness (QED) is 0.190. The number of rotatable bonds is 11. The van der Waals surface area contributed by atoms with Crippen LogP contribution in [-0.2, 0) is 48.7 Å². The molecule has 14 heteroatoms. The van der Waals surface area contributed by atoms with Crippen LogP contribution >= 0.6 is 0 Å². The number of anilines is 1. The summed E-state index contributed by atoms with van der Waals surface area (Å²) in [4.78, 5) is 37.8. The number of aryl methyl sites for hydroxylation is 1. The van der Waals surface area contributed by atoms with E-state index in [-0.39, 0.29) is 30.9 Å². The van der Waals surface area contributed by atoms with E-state index < -0.39 is 63.7 Å². The molecule has 0 fully saturated rings. The van der Waals surface area contributed by atoms with Gasteiger partial charge in [-0.1, -0.05) is 43.0 Å². The average Bonchev–Trinajstić information content (AvgIpc) is 2.92. The highest BCUT2D eigenvalue weighted by Crippen LogP contribution is 2.40. The minimum Gasteiger partial charge on any atom is -0.487 e. The summed E-state index contributed by atoms with van der Waals surface area (Å²) in [5.74, 6) is -2.22. The van der Waals surface area contributed by atoms with Gasteiger partial charge in [-0.15, -0.1) is 0 Å². The molecule has 0 aromatic heterocycles. The molecule has 0 aliphatic heterocycles. The maximum absolute atomic E-state index is 16.8. The highest BCUT2D eigenvalue weighted by atomic mass is 32.2. The molecule has 0 heterocycles. The van der Waals surface area contributed by atoms with Crippen molar-refractivity contribution in [2.24, 2.45) is 0 Å². The van der Waals surface area contributed by atoms with Gasteiger partial charge in [-0.25, -0.2) is 23.0 Å². The zero-order chi connectivity index (χ0) is 34.3. The molecule has 0 spiro atoms. The SMILES string of the molecule is C=CCOC(=O)NS(=O)(=O)N(CC(=O)OC(C)(C)C)c1c(OCc2ccccc2)cc2c(c1F)C[C@H](NC(=O)OC(C)(C)C)CC2. The molecule has 0 unspecified atom stereocenters. The van der Waals surface area contributed by atoms with Gasteiger partial charge in [-0.05, 0) is 83.6 Å². The Bertz CT molecular complexity index is 1530. The van der Waals surface area contributed by atoms with Crippen molar-refractivity contribution in [1.82, 2.24) is 10.0 Å². The number of carbonyl (C=O) groups excluding carboxylic acids is 3. The van der Waals surface area contributed by atoms with Gasteiger partial charge in [0.1, 0.15) is 42.4 Å². The summed E-state index contributed by atoms with van der Waals surface area (Å²) < 4.78 is 67.7. The number of nitrogens with one attached hydrogen (secondary N) is 2. The molecular formula is C32H42FN3O9S. The lowest BCUT2D eigenvalue weighted by Gasteiger charge is -2.31. The Labute approximate surface area is 269 Å². The van der Waals surface area contributed by atoms with Gasteiger partial charge in [0.25, 0.3) is 0 Å². The number of hydrogen-bond acceptors (Lipinski definition) is 9. The standard InChI is InChI=1S/C32H42FN3O9S/c1-8-16-42-30(39)35-46(40,41)36(19-26(37)44-31(2,3)4)28-25(43-20-21-12-10-9-11-13-21)17-22-14-15-23(18-24(22)27(28)33)34-29(38)45-32(5,6)7/h8-13,17,23H,1,14-16,18-20H2,2-7H3,(H,34,38)(H,35,39)/t23-/m1/s1. The third-order valence-corrected chi connectivity index (χ3v) is 7.66. The molecule has 1 aliphatic rings. The smallest absolute Gasteiger partial charge is 0.422 e. The van der Waals surface area contributed by atoms with Crippen molar-refractivity contribution in [3.63, 3.8) is 0 Å². The molecule has 1 aliphatic carbocycles. The molecule has 2 aromatic rings. The molecule has 2 N–H and O–H groups in total. The first-order valence-corrected chi connectivity index (χ1v) is 16.1. The van der Waals surface area contributed by atoms with E-state index in [9.17, 15) is 22.8 Å². The van der Waals surface area contributed by atoms with Gasteiger partial charge in [0.05, 0.1) is 0 Å². The Hall–Kier alpha value is -4.33. The van der Waals surface area contributed by atoms with Crippen LogP contribution in [0.1, 0.15) is 64.7 Å². The average molecular weight is 664 g/mol. The molecule has 0 saturated heterocycles. The van der Waals surface area contributed by atoms with Gasteiger partial charge in [0.15, 0.2) is 5.82 Å². The summed E-state index contributed by atoms with van der Waals surface area (Å²) in [6, 6.07) is 9.88. The van der Waals surface area contributed by atoms with Gasteiger partial charge in [-0.2, -0.15) is 8.42 Å². The number of nitrogens with zero attached hydrogens (tertiary/aromatic N) is 1. The number of hydrogen-bond donors (Lipinski definition) is 2. The molecule has 0 radical (unpaired) electrons. The fourth-order valence-corrected chi connectivity index (χ4v) is 5.67. The van der Waals surface area contributed by atoms with Crippen molar-refractivity contribution in [1.29, 1.82) is 0 Å². The molecule has 3 rings (SSSR count). The summed E-state index contributed by atoms with van der Waals surface area (Å²) in [6.45, 7) is 11.9. The number of amides is 2. The zero-order valence-corrected chi connectivity index (χ0v) is 27.8. The third-order valence-electron chi connectivity index (χ3n) is 6.35. The second-order valence-electron chi connectivity index (χ2n) is 12.6. The molecule has 46 heavy (non-hydrogen) atoms. The first kappa shape index (κ1) is 36.1. The fourth-order valence-electron chi connectivity index (χ4n) is 4.60. The summed E-state index contributed by atoms with van der Waals surface area (Å²) in [5, 5.41) is 2.74. The lowest BCUT2D eigenvalue weighted by molar-refractivity contribution is -0.152. The molecule has 252 valence electrons. The molecule has 2 amide bonds. The second-order valence-corrected chi connectivity index (χ2v) is 14.2. The predicted molar refractivity (Wildman–Crippen MR) is 169 cm³/mol. The second kappa shape index (κ2) is 14.8. The topological polar surface area (TPSA) is 150 Å². The van der Waals surface area contributed by atoms with E-state index >= 15 is 4.39 Å². The Kier molecular flexibility index (Phi) is 11.7. The summed E-state index contributed by atoms with van der Waals surface area (Å²) in [7, 11) is -5.00. The molecule has 12 nitrogen and oxygen atoms in total. The first-order valence-electron chi connectivity index (χ1n) is 14.7. The van der Waals surface area contributed by atoms with Crippen LogP contribution in [-0.4, -0.2) is 57.0 Å². The zero-order valence-electron chi connectivity index (χ0n) is 27.0. The molecule has 2 aromatic carbocycles. The first-order chi connectivity index (χ1) is 21.4. The highest BCUT2D eigenvalue weighted by molar-refractivity contribution is 7.91.